The van der Waals surface area contributed by atoms with Crippen LogP contribution < -0.4 is 4.90 Å². The Bertz CT molecular complexity index is 1140. The van der Waals surface area contributed by atoms with Crippen LogP contribution in [0.1, 0.15) is 12.5 Å². The maximum absolute atomic E-state index is 13.6. The number of thioether (sulfide) groups is 1. The molecule has 1 heterocycles. The van der Waals surface area contributed by atoms with Crippen molar-refractivity contribution in [3.05, 3.63) is 108 Å². The van der Waals surface area contributed by atoms with Crippen molar-refractivity contribution in [1.82, 2.24) is 4.90 Å². The molecule has 3 aromatic carbocycles. The number of ether oxygens (including phenoxy) is 1. The number of amides is 1. The molecule has 0 unspecified atom stereocenters. The Kier molecular flexibility index (Phi) is 7.77. The molecule has 172 valence electrons. The van der Waals surface area contributed by atoms with Crippen LogP contribution in [-0.2, 0) is 20.7 Å². The number of thiocarbonyl (C=S) groups is 1. The van der Waals surface area contributed by atoms with Crippen molar-refractivity contribution in [1.29, 1.82) is 0 Å². The molecular formula is C27H24N2O3S2. The summed E-state index contributed by atoms with van der Waals surface area (Å²) in [5, 5.41) is 0. The van der Waals surface area contributed by atoms with Crippen molar-refractivity contribution in [2.24, 2.45) is 0 Å². The molecule has 1 saturated heterocycles. The minimum Gasteiger partial charge on any atom is -0.464 e. The summed E-state index contributed by atoms with van der Waals surface area (Å²) in [7, 11) is 0. The van der Waals surface area contributed by atoms with E-state index in [0.717, 1.165) is 16.9 Å². The summed E-state index contributed by atoms with van der Waals surface area (Å²) in [6, 6.07) is 28.3. The second-order valence-corrected chi connectivity index (χ2v) is 9.21. The van der Waals surface area contributed by atoms with Crippen molar-refractivity contribution < 1.29 is 14.3 Å². The highest BCUT2D eigenvalue weighted by molar-refractivity contribution is 8.26. The number of hydrogen-bond donors (Lipinski definition) is 0. The minimum absolute atomic E-state index is 0.227. The predicted molar refractivity (Wildman–Crippen MR) is 141 cm³/mol. The molecule has 1 fully saturated rings. The number of benzene rings is 3. The first-order chi connectivity index (χ1) is 16.6. The van der Waals surface area contributed by atoms with Gasteiger partial charge in [0.25, 0.3) is 5.91 Å². The normalized spacial score (nSPS) is 15.4. The average molecular weight is 489 g/mol. The third-order valence-corrected chi connectivity index (χ3v) is 6.60. The van der Waals surface area contributed by atoms with Crippen molar-refractivity contribution >= 4 is 51.6 Å². The van der Waals surface area contributed by atoms with Gasteiger partial charge in [-0.25, -0.2) is 4.79 Å². The zero-order valence-corrected chi connectivity index (χ0v) is 20.3. The van der Waals surface area contributed by atoms with Gasteiger partial charge in [0.1, 0.15) is 10.4 Å². The molecule has 34 heavy (non-hydrogen) atoms. The van der Waals surface area contributed by atoms with Crippen molar-refractivity contribution in [3.8, 4) is 0 Å². The van der Waals surface area contributed by atoms with E-state index in [-0.39, 0.29) is 12.5 Å². The summed E-state index contributed by atoms with van der Waals surface area (Å²) in [6.45, 7) is 1.98. The molecule has 1 amide bonds. The monoisotopic (exact) mass is 488 g/mol. The molecule has 7 heteroatoms. The quantitative estimate of drug-likeness (QED) is 0.230. The van der Waals surface area contributed by atoms with Gasteiger partial charge in [-0.2, -0.15) is 0 Å². The van der Waals surface area contributed by atoms with Crippen LogP contribution in [0.4, 0.5) is 11.4 Å². The molecule has 0 N–H and O–H groups in total. The molecule has 4 rings (SSSR count). The lowest BCUT2D eigenvalue weighted by Crippen LogP contribution is -2.46. The molecule has 0 spiro atoms. The van der Waals surface area contributed by atoms with E-state index in [4.69, 9.17) is 17.0 Å². The lowest BCUT2D eigenvalue weighted by atomic mass is 10.0. The Labute approximate surface area is 209 Å². The van der Waals surface area contributed by atoms with Crippen LogP contribution >= 0.6 is 24.0 Å². The lowest BCUT2D eigenvalue weighted by molar-refractivity contribution is -0.150. The number of para-hydroxylation sites is 2. The fraction of sp³-hybridized carbons (Fsp3) is 0.148. The molecule has 1 aliphatic rings. The van der Waals surface area contributed by atoms with Crippen molar-refractivity contribution in [2.75, 3.05) is 11.5 Å². The average Bonchev–Trinajstić information content (AvgIpc) is 3.15. The van der Waals surface area contributed by atoms with Crippen LogP contribution in [0.2, 0.25) is 0 Å². The standard InChI is InChI=1S/C27H24N2O3S2/c1-2-32-26(31)23(18-20-12-6-3-7-13-20)29-25(30)24(34-27(29)33)19-28(21-14-8-4-9-15-21)22-16-10-5-11-17-22/h3-17,19,23H,2,18H2,1H3/b24-19-/t23-/m0/s1. The van der Waals surface area contributed by atoms with E-state index in [1.54, 1.807) is 13.1 Å². The van der Waals surface area contributed by atoms with Gasteiger partial charge in [-0.05, 0) is 36.8 Å². The van der Waals surface area contributed by atoms with Crippen molar-refractivity contribution in [3.63, 3.8) is 0 Å². The number of anilines is 2. The summed E-state index contributed by atoms with van der Waals surface area (Å²) in [4.78, 5) is 30.2. The zero-order valence-electron chi connectivity index (χ0n) is 18.7. The van der Waals surface area contributed by atoms with E-state index in [1.165, 1.54) is 16.7 Å². The molecule has 0 saturated carbocycles. The number of hydrogen-bond acceptors (Lipinski definition) is 6. The highest BCUT2D eigenvalue weighted by Crippen LogP contribution is 2.36. The number of carbonyl (C=O) groups excluding carboxylic acids is 2. The Hall–Kier alpha value is -3.42. The predicted octanol–water partition coefficient (Wildman–Crippen LogP) is 5.70. The maximum atomic E-state index is 13.6. The molecule has 1 aliphatic heterocycles. The summed E-state index contributed by atoms with van der Waals surface area (Å²) in [5.74, 6) is -0.771. The fourth-order valence-electron chi connectivity index (χ4n) is 3.69. The lowest BCUT2D eigenvalue weighted by Gasteiger charge is -2.25. The number of esters is 1. The van der Waals surface area contributed by atoms with E-state index < -0.39 is 12.0 Å². The van der Waals surface area contributed by atoms with Gasteiger partial charge in [0, 0.05) is 24.0 Å². The van der Waals surface area contributed by atoms with Crippen LogP contribution in [0.25, 0.3) is 0 Å². The van der Waals surface area contributed by atoms with Gasteiger partial charge >= 0.3 is 5.97 Å². The fourth-order valence-corrected chi connectivity index (χ4v) is 5.01. The molecule has 3 aromatic rings. The van der Waals surface area contributed by atoms with Gasteiger partial charge in [0.15, 0.2) is 0 Å². The van der Waals surface area contributed by atoms with Gasteiger partial charge in [-0.1, -0.05) is 90.7 Å². The molecule has 0 bridgehead atoms. The van der Waals surface area contributed by atoms with E-state index in [2.05, 4.69) is 0 Å². The Morgan fingerprint density at radius 1 is 0.971 bits per heavy atom. The summed E-state index contributed by atoms with van der Waals surface area (Å²) in [5.41, 5.74) is 2.74. The third kappa shape index (κ3) is 5.38. The second kappa shape index (κ2) is 11.1. The number of nitrogens with zero attached hydrogens (tertiary/aromatic N) is 2. The molecule has 1 atom stereocenters. The second-order valence-electron chi connectivity index (χ2n) is 7.54. The van der Waals surface area contributed by atoms with Crippen molar-refractivity contribution in [2.45, 2.75) is 19.4 Å². The number of carbonyl (C=O) groups is 2. The van der Waals surface area contributed by atoms with E-state index >= 15 is 0 Å². The van der Waals surface area contributed by atoms with Crippen LogP contribution in [-0.4, -0.2) is 33.7 Å². The maximum Gasteiger partial charge on any atom is 0.329 e. The Morgan fingerprint density at radius 3 is 2.03 bits per heavy atom. The van der Waals surface area contributed by atoms with Gasteiger partial charge in [-0.15, -0.1) is 0 Å². The summed E-state index contributed by atoms with van der Waals surface area (Å²) >= 11 is 6.77. The minimum atomic E-state index is -0.831. The third-order valence-electron chi connectivity index (χ3n) is 5.28. The van der Waals surface area contributed by atoms with Gasteiger partial charge in [0.05, 0.1) is 11.5 Å². The van der Waals surface area contributed by atoms with Crippen LogP contribution in [0.15, 0.2) is 102 Å². The van der Waals surface area contributed by atoms with E-state index in [0.29, 0.717) is 15.6 Å². The molecule has 0 aromatic heterocycles. The van der Waals surface area contributed by atoms with Crippen LogP contribution in [0.5, 0.6) is 0 Å². The summed E-state index contributed by atoms with van der Waals surface area (Å²) < 4.78 is 5.65. The topological polar surface area (TPSA) is 49.9 Å². The largest absolute Gasteiger partial charge is 0.464 e. The molecule has 0 radical (unpaired) electrons. The van der Waals surface area contributed by atoms with Gasteiger partial charge in [0.2, 0.25) is 0 Å². The highest BCUT2D eigenvalue weighted by atomic mass is 32.2. The van der Waals surface area contributed by atoms with Gasteiger partial charge < -0.3 is 9.64 Å². The Balaban J connectivity index is 1.68. The molecular weight excluding hydrogens is 464 g/mol. The first-order valence-corrected chi connectivity index (χ1v) is 12.2. The molecule has 0 aliphatic carbocycles. The SMILES string of the molecule is CCOC(=O)[C@H](Cc1ccccc1)N1C(=O)/C(=C/N(c2ccccc2)c2ccccc2)SC1=S. The zero-order chi connectivity index (χ0) is 23.9. The van der Waals surface area contributed by atoms with Crippen LogP contribution in [0, 0.1) is 0 Å². The van der Waals surface area contributed by atoms with Crippen LogP contribution in [0.3, 0.4) is 0 Å². The van der Waals surface area contributed by atoms with Gasteiger partial charge in [-0.3, -0.25) is 9.69 Å². The summed E-state index contributed by atoms with van der Waals surface area (Å²) in [6.07, 6.45) is 2.11. The first kappa shape index (κ1) is 23.7. The molecule has 5 nitrogen and oxygen atoms in total. The highest BCUT2D eigenvalue weighted by Gasteiger charge is 2.41. The smallest absolute Gasteiger partial charge is 0.329 e. The van der Waals surface area contributed by atoms with E-state index in [9.17, 15) is 9.59 Å². The Morgan fingerprint density at radius 2 is 1.50 bits per heavy atom. The first-order valence-electron chi connectivity index (χ1n) is 11.0. The van der Waals surface area contributed by atoms with E-state index in [1.807, 2.05) is 95.9 Å². The number of rotatable bonds is 8.